The standard InChI is InChI=1S/C13H19NO6S/c1-9-4-5-10(12(16)20-3)6-11(9)21(18,19)14-7-13(2,17)8-15/h4-6,14-15,17H,7-8H2,1-3H3. The van der Waals surface area contributed by atoms with Gasteiger partial charge in [-0.05, 0) is 31.5 Å². The fraction of sp³-hybridized carbons (Fsp3) is 0.462. The first-order chi connectivity index (χ1) is 9.63. The van der Waals surface area contributed by atoms with Crippen LogP contribution < -0.4 is 4.72 Å². The number of carbonyl (C=O) groups is 1. The van der Waals surface area contributed by atoms with Crippen molar-refractivity contribution < 1.29 is 28.2 Å². The lowest BCUT2D eigenvalue weighted by molar-refractivity contribution is 0.00680. The summed E-state index contributed by atoms with van der Waals surface area (Å²) >= 11 is 0. The van der Waals surface area contributed by atoms with Crippen LogP contribution in [-0.4, -0.2) is 50.5 Å². The third kappa shape index (κ3) is 4.50. The Labute approximate surface area is 123 Å². The van der Waals surface area contributed by atoms with Gasteiger partial charge in [-0.1, -0.05) is 6.07 Å². The lowest BCUT2D eigenvalue weighted by atomic mass is 10.1. The number of benzene rings is 1. The van der Waals surface area contributed by atoms with Crippen LogP contribution in [0, 0.1) is 6.92 Å². The molecular formula is C13H19NO6S. The van der Waals surface area contributed by atoms with E-state index < -0.39 is 28.2 Å². The van der Waals surface area contributed by atoms with E-state index in [0.717, 1.165) is 0 Å². The van der Waals surface area contributed by atoms with Gasteiger partial charge in [-0.3, -0.25) is 0 Å². The van der Waals surface area contributed by atoms with Crippen molar-refractivity contribution in [3.8, 4) is 0 Å². The summed E-state index contributed by atoms with van der Waals surface area (Å²) in [6.45, 7) is 1.94. The molecule has 7 nitrogen and oxygen atoms in total. The van der Waals surface area contributed by atoms with Crippen molar-refractivity contribution >= 4 is 16.0 Å². The van der Waals surface area contributed by atoms with Gasteiger partial charge in [0.15, 0.2) is 0 Å². The molecule has 3 N–H and O–H groups in total. The van der Waals surface area contributed by atoms with Crippen molar-refractivity contribution in [1.82, 2.24) is 4.72 Å². The largest absolute Gasteiger partial charge is 0.465 e. The van der Waals surface area contributed by atoms with Gasteiger partial charge in [-0.25, -0.2) is 17.9 Å². The van der Waals surface area contributed by atoms with E-state index >= 15 is 0 Å². The van der Waals surface area contributed by atoms with Crippen LogP contribution in [0.4, 0.5) is 0 Å². The smallest absolute Gasteiger partial charge is 0.337 e. The van der Waals surface area contributed by atoms with Crippen molar-refractivity contribution in [1.29, 1.82) is 0 Å². The Morgan fingerprint density at radius 1 is 1.43 bits per heavy atom. The van der Waals surface area contributed by atoms with Gasteiger partial charge in [0.2, 0.25) is 10.0 Å². The average Bonchev–Trinajstić information content (AvgIpc) is 2.45. The summed E-state index contributed by atoms with van der Waals surface area (Å²) in [5.74, 6) is -0.645. The monoisotopic (exact) mass is 317 g/mol. The van der Waals surface area contributed by atoms with Crippen molar-refractivity contribution in [3.63, 3.8) is 0 Å². The molecule has 1 unspecified atom stereocenters. The molecule has 21 heavy (non-hydrogen) atoms. The number of aliphatic hydroxyl groups excluding tert-OH is 1. The minimum absolute atomic E-state index is 0.0841. The molecule has 1 atom stereocenters. The molecule has 0 spiro atoms. The molecule has 0 fully saturated rings. The molecule has 0 aliphatic heterocycles. The normalized spacial score (nSPS) is 14.5. The number of methoxy groups -OCH3 is 1. The SMILES string of the molecule is COC(=O)c1ccc(C)c(S(=O)(=O)NCC(C)(O)CO)c1. The van der Waals surface area contributed by atoms with Gasteiger partial charge in [0.1, 0.15) is 0 Å². The van der Waals surface area contributed by atoms with Crippen molar-refractivity contribution in [3.05, 3.63) is 29.3 Å². The van der Waals surface area contributed by atoms with Crippen LogP contribution in [0.1, 0.15) is 22.8 Å². The molecule has 0 aromatic heterocycles. The molecule has 1 aromatic rings. The zero-order valence-corrected chi connectivity index (χ0v) is 12.9. The van der Waals surface area contributed by atoms with E-state index in [9.17, 15) is 18.3 Å². The van der Waals surface area contributed by atoms with Crippen LogP contribution in [0.5, 0.6) is 0 Å². The average molecular weight is 317 g/mol. The van der Waals surface area contributed by atoms with Crippen molar-refractivity contribution in [2.24, 2.45) is 0 Å². The van der Waals surface area contributed by atoms with E-state index in [1.165, 1.54) is 32.2 Å². The fourth-order valence-corrected chi connectivity index (χ4v) is 2.95. The third-order valence-corrected chi connectivity index (χ3v) is 4.43. The van der Waals surface area contributed by atoms with E-state index in [1.54, 1.807) is 6.92 Å². The van der Waals surface area contributed by atoms with Gasteiger partial charge in [0.25, 0.3) is 0 Å². The molecule has 0 amide bonds. The van der Waals surface area contributed by atoms with Crippen LogP contribution in [0.25, 0.3) is 0 Å². The van der Waals surface area contributed by atoms with Gasteiger partial charge in [0.05, 0.1) is 29.8 Å². The van der Waals surface area contributed by atoms with Crippen LogP contribution in [0.2, 0.25) is 0 Å². The van der Waals surface area contributed by atoms with E-state index in [2.05, 4.69) is 9.46 Å². The molecule has 1 rings (SSSR count). The molecule has 0 aliphatic rings. The van der Waals surface area contributed by atoms with E-state index in [0.29, 0.717) is 5.56 Å². The molecule has 0 radical (unpaired) electrons. The van der Waals surface area contributed by atoms with Crippen LogP contribution in [-0.2, 0) is 14.8 Å². The minimum Gasteiger partial charge on any atom is -0.465 e. The van der Waals surface area contributed by atoms with Crippen molar-refractivity contribution in [2.45, 2.75) is 24.3 Å². The van der Waals surface area contributed by atoms with Gasteiger partial charge < -0.3 is 14.9 Å². The first kappa shape index (κ1) is 17.6. The van der Waals surface area contributed by atoms with Gasteiger partial charge in [0, 0.05) is 6.54 Å². The molecule has 0 bridgehead atoms. The molecule has 8 heteroatoms. The second-order valence-electron chi connectivity index (χ2n) is 4.95. The second-order valence-corrected chi connectivity index (χ2v) is 6.69. The number of hydrogen-bond acceptors (Lipinski definition) is 6. The highest BCUT2D eigenvalue weighted by molar-refractivity contribution is 7.89. The summed E-state index contributed by atoms with van der Waals surface area (Å²) in [4.78, 5) is 11.4. The molecule has 0 heterocycles. The Kier molecular flexibility index (Phi) is 5.46. The maximum atomic E-state index is 12.2. The first-order valence-corrected chi connectivity index (χ1v) is 7.63. The Balaban J connectivity index is 3.10. The lowest BCUT2D eigenvalue weighted by Gasteiger charge is -2.21. The Morgan fingerprint density at radius 3 is 2.57 bits per heavy atom. The zero-order chi connectivity index (χ0) is 16.3. The highest BCUT2D eigenvalue weighted by Crippen LogP contribution is 2.18. The predicted octanol–water partition coefficient (Wildman–Crippen LogP) is -0.197. The molecule has 0 saturated heterocycles. The topological polar surface area (TPSA) is 113 Å². The Hall–Kier alpha value is -1.48. The highest BCUT2D eigenvalue weighted by Gasteiger charge is 2.25. The number of sulfonamides is 1. The molecule has 0 saturated carbocycles. The fourth-order valence-electron chi connectivity index (χ4n) is 1.52. The predicted molar refractivity (Wildman–Crippen MR) is 75.4 cm³/mol. The summed E-state index contributed by atoms with van der Waals surface area (Å²) in [5.41, 5.74) is -1.02. The molecule has 0 aliphatic carbocycles. The van der Waals surface area contributed by atoms with E-state index in [4.69, 9.17) is 5.11 Å². The van der Waals surface area contributed by atoms with Crippen LogP contribution >= 0.6 is 0 Å². The summed E-state index contributed by atoms with van der Waals surface area (Å²) in [5, 5.41) is 18.6. The maximum Gasteiger partial charge on any atom is 0.337 e. The van der Waals surface area contributed by atoms with E-state index in [-0.39, 0.29) is 17.0 Å². The second kappa shape index (κ2) is 6.52. The highest BCUT2D eigenvalue weighted by atomic mass is 32.2. The molecular weight excluding hydrogens is 298 g/mol. The van der Waals surface area contributed by atoms with Crippen molar-refractivity contribution in [2.75, 3.05) is 20.3 Å². The molecule has 1 aromatic carbocycles. The molecule has 118 valence electrons. The number of hydrogen-bond donors (Lipinski definition) is 3. The minimum atomic E-state index is -3.93. The number of carbonyl (C=O) groups excluding carboxylic acids is 1. The van der Waals surface area contributed by atoms with Crippen LogP contribution in [0.15, 0.2) is 23.1 Å². The third-order valence-electron chi connectivity index (χ3n) is 2.88. The first-order valence-electron chi connectivity index (χ1n) is 6.15. The summed E-state index contributed by atoms with van der Waals surface area (Å²) in [7, 11) is -2.73. The van der Waals surface area contributed by atoms with Gasteiger partial charge in [-0.2, -0.15) is 0 Å². The number of ether oxygens (including phenoxy) is 1. The quantitative estimate of drug-likeness (QED) is 0.627. The van der Waals surface area contributed by atoms with Gasteiger partial charge >= 0.3 is 5.97 Å². The number of esters is 1. The number of aliphatic hydroxyl groups is 2. The maximum absolute atomic E-state index is 12.2. The van der Waals surface area contributed by atoms with Gasteiger partial charge in [-0.15, -0.1) is 0 Å². The summed E-state index contributed by atoms with van der Waals surface area (Å²) < 4.78 is 31.2. The van der Waals surface area contributed by atoms with E-state index in [1.807, 2.05) is 0 Å². The Morgan fingerprint density at radius 2 is 2.05 bits per heavy atom. The Bertz CT molecular complexity index is 624. The van der Waals surface area contributed by atoms with Crippen LogP contribution in [0.3, 0.4) is 0 Å². The lowest BCUT2D eigenvalue weighted by Crippen LogP contribution is -2.43. The summed E-state index contributed by atoms with van der Waals surface area (Å²) in [6, 6.07) is 4.16. The number of rotatable bonds is 6. The number of aryl methyl sites for hydroxylation is 1. The number of nitrogens with one attached hydrogen (secondary N) is 1. The summed E-state index contributed by atoms with van der Waals surface area (Å²) in [6.07, 6.45) is 0. The zero-order valence-electron chi connectivity index (χ0n) is 12.1.